The van der Waals surface area contributed by atoms with Crippen molar-refractivity contribution in [2.75, 3.05) is 19.6 Å². The minimum Gasteiger partial charge on any atom is -0.481 e. The topological polar surface area (TPSA) is 75.4 Å². The number of carboxylic acid groups (broad SMARTS) is 1. The minimum atomic E-state index is -0.695. The molecule has 4 rings (SSSR count). The number of hydrogen-bond acceptors (Lipinski definition) is 4. The largest absolute Gasteiger partial charge is 0.481 e. The van der Waals surface area contributed by atoms with Crippen molar-refractivity contribution < 1.29 is 9.90 Å². The average Bonchev–Trinajstić information content (AvgIpc) is 2.78. The predicted octanol–water partition coefficient (Wildman–Crippen LogP) is 3.83. The summed E-state index contributed by atoms with van der Waals surface area (Å²) in [5.41, 5.74) is 1.90. The number of aromatic nitrogens is 2. The van der Waals surface area contributed by atoms with Crippen LogP contribution in [0, 0.1) is 5.92 Å². The number of carboxylic acids is 1. The molecule has 0 atom stereocenters. The number of aryl methyl sites for hydroxylation is 1. The van der Waals surface area contributed by atoms with Gasteiger partial charge in [0.1, 0.15) is 0 Å². The molecule has 31 heavy (non-hydrogen) atoms. The molecular formula is C24H26ClN3O3. The first-order chi connectivity index (χ1) is 15.0. The highest BCUT2D eigenvalue weighted by atomic mass is 35.5. The third kappa shape index (κ3) is 5.14. The van der Waals surface area contributed by atoms with Crippen LogP contribution in [0.2, 0.25) is 5.02 Å². The fraction of sp³-hybridized carbons (Fsp3) is 0.375. The van der Waals surface area contributed by atoms with Gasteiger partial charge in [-0.05, 0) is 62.7 Å². The van der Waals surface area contributed by atoms with E-state index in [1.165, 1.54) is 0 Å². The Bertz CT molecular complexity index is 1120. The summed E-state index contributed by atoms with van der Waals surface area (Å²) in [5, 5.41) is 16.1. The van der Waals surface area contributed by atoms with Gasteiger partial charge in [0, 0.05) is 23.4 Å². The number of carbonyl (C=O) groups is 1. The van der Waals surface area contributed by atoms with Gasteiger partial charge in [-0.15, -0.1) is 0 Å². The smallest absolute Gasteiger partial charge is 0.306 e. The molecule has 0 radical (unpaired) electrons. The first-order valence-electron chi connectivity index (χ1n) is 10.7. The highest BCUT2D eigenvalue weighted by molar-refractivity contribution is 6.30. The summed E-state index contributed by atoms with van der Waals surface area (Å²) in [6.07, 6.45) is 2.80. The summed E-state index contributed by atoms with van der Waals surface area (Å²) in [7, 11) is 0. The molecule has 0 spiro atoms. The van der Waals surface area contributed by atoms with Crippen LogP contribution < -0.4 is 5.56 Å². The fourth-order valence-electron chi connectivity index (χ4n) is 4.23. The second kappa shape index (κ2) is 9.62. The molecule has 1 fully saturated rings. The summed E-state index contributed by atoms with van der Waals surface area (Å²) in [5.74, 6) is -0.920. The monoisotopic (exact) mass is 439 g/mol. The molecule has 162 valence electrons. The lowest BCUT2D eigenvalue weighted by atomic mass is 9.97. The van der Waals surface area contributed by atoms with E-state index in [0.717, 1.165) is 42.7 Å². The number of hydrogen-bond donors (Lipinski definition) is 1. The number of benzene rings is 2. The Morgan fingerprint density at radius 1 is 1.03 bits per heavy atom. The lowest BCUT2D eigenvalue weighted by Crippen LogP contribution is -2.37. The molecule has 1 aliphatic rings. The highest BCUT2D eigenvalue weighted by Crippen LogP contribution is 2.19. The molecule has 2 heterocycles. The molecule has 3 aromatic rings. The van der Waals surface area contributed by atoms with Crippen molar-refractivity contribution in [3.8, 4) is 0 Å². The quantitative estimate of drug-likeness (QED) is 0.605. The molecule has 0 amide bonds. The van der Waals surface area contributed by atoms with Crippen LogP contribution in [0.4, 0.5) is 0 Å². The van der Waals surface area contributed by atoms with Crippen LogP contribution in [0.1, 0.15) is 30.5 Å². The molecule has 1 saturated heterocycles. The molecule has 6 nitrogen and oxygen atoms in total. The molecule has 0 saturated carbocycles. The fourth-order valence-corrected chi connectivity index (χ4v) is 4.36. The molecule has 1 N–H and O–H groups in total. The number of likely N-dealkylation sites (tertiary alicyclic amines) is 1. The molecule has 1 aromatic heterocycles. The number of nitrogens with zero attached hydrogens (tertiary/aromatic N) is 3. The van der Waals surface area contributed by atoms with Crippen molar-refractivity contribution in [2.24, 2.45) is 5.92 Å². The van der Waals surface area contributed by atoms with Crippen LogP contribution in [0.5, 0.6) is 0 Å². The zero-order valence-corrected chi connectivity index (χ0v) is 18.1. The SMILES string of the molecule is O=C(O)C1CCN(CCCn2nc(Cc3ccc(Cl)cc3)c3ccccc3c2=O)CC1. The maximum atomic E-state index is 13.0. The van der Waals surface area contributed by atoms with Crippen LogP contribution in [0.25, 0.3) is 10.8 Å². The van der Waals surface area contributed by atoms with E-state index in [9.17, 15) is 9.59 Å². The van der Waals surface area contributed by atoms with Gasteiger partial charge in [-0.25, -0.2) is 4.68 Å². The Kier molecular flexibility index (Phi) is 6.68. The third-order valence-corrected chi connectivity index (χ3v) is 6.26. The number of rotatable bonds is 7. The number of piperidine rings is 1. The Hall–Kier alpha value is -2.70. The maximum absolute atomic E-state index is 13.0. The molecule has 2 aromatic carbocycles. The van der Waals surface area contributed by atoms with Crippen LogP contribution in [0.15, 0.2) is 53.3 Å². The molecule has 0 aliphatic carbocycles. The van der Waals surface area contributed by atoms with Gasteiger partial charge in [-0.3, -0.25) is 9.59 Å². The van der Waals surface area contributed by atoms with E-state index in [1.54, 1.807) is 4.68 Å². The number of halogens is 1. The number of fused-ring (bicyclic) bond motifs is 1. The summed E-state index contributed by atoms with van der Waals surface area (Å²) < 4.78 is 1.58. The Labute approximate surface area is 186 Å². The lowest BCUT2D eigenvalue weighted by molar-refractivity contribution is -0.143. The molecule has 7 heteroatoms. The van der Waals surface area contributed by atoms with E-state index < -0.39 is 5.97 Å². The van der Waals surface area contributed by atoms with Crippen molar-refractivity contribution in [3.05, 3.63) is 75.2 Å². The van der Waals surface area contributed by atoms with Crippen molar-refractivity contribution >= 4 is 28.3 Å². The highest BCUT2D eigenvalue weighted by Gasteiger charge is 2.24. The van der Waals surface area contributed by atoms with Crippen molar-refractivity contribution in [3.63, 3.8) is 0 Å². The van der Waals surface area contributed by atoms with Gasteiger partial charge in [-0.1, -0.05) is 41.9 Å². The van der Waals surface area contributed by atoms with Crippen LogP contribution >= 0.6 is 11.6 Å². The van der Waals surface area contributed by atoms with E-state index in [4.69, 9.17) is 21.8 Å². The van der Waals surface area contributed by atoms with Gasteiger partial charge in [0.05, 0.1) is 17.0 Å². The van der Waals surface area contributed by atoms with E-state index >= 15 is 0 Å². The lowest BCUT2D eigenvalue weighted by Gasteiger charge is -2.29. The summed E-state index contributed by atoms with van der Waals surface area (Å²) in [6, 6.07) is 15.3. The van der Waals surface area contributed by atoms with Crippen LogP contribution in [-0.4, -0.2) is 45.4 Å². The Morgan fingerprint density at radius 2 is 1.71 bits per heavy atom. The number of aliphatic carboxylic acids is 1. The van der Waals surface area contributed by atoms with E-state index in [2.05, 4.69) is 4.90 Å². The van der Waals surface area contributed by atoms with Gasteiger partial charge in [-0.2, -0.15) is 5.10 Å². The van der Waals surface area contributed by atoms with Gasteiger partial charge in [0.2, 0.25) is 0 Å². The first kappa shape index (κ1) is 21.5. The van der Waals surface area contributed by atoms with E-state index in [-0.39, 0.29) is 11.5 Å². The summed E-state index contributed by atoms with van der Waals surface area (Å²) >= 11 is 6.01. The predicted molar refractivity (Wildman–Crippen MR) is 122 cm³/mol. The molecule has 1 aliphatic heterocycles. The van der Waals surface area contributed by atoms with E-state index in [0.29, 0.717) is 36.2 Å². The second-order valence-corrected chi connectivity index (χ2v) is 8.57. The van der Waals surface area contributed by atoms with Crippen LogP contribution in [0.3, 0.4) is 0 Å². The second-order valence-electron chi connectivity index (χ2n) is 8.13. The van der Waals surface area contributed by atoms with Gasteiger partial charge in [0.15, 0.2) is 0 Å². The Balaban J connectivity index is 1.48. The minimum absolute atomic E-state index is 0.0694. The van der Waals surface area contributed by atoms with Crippen molar-refractivity contribution in [2.45, 2.75) is 32.2 Å². The summed E-state index contributed by atoms with van der Waals surface area (Å²) in [6.45, 7) is 2.95. The summed E-state index contributed by atoms with van der Waals surface area (Å²) in [4.78, 5) is 26.4. The molecule has 0 unspecified atom stereocenters. The Morgan fingerprint density at radius 3 is 2.39 bits per heavy atom. The average molecular weight is 440 g/mol. The van der Waals surface area contributed by atoms with E-state index in [1.807, 2.05) is 48.5 Å². The first-order valence-corrected chi connectivity index (χ1v) is 11.1. The third-order valence-electron chi connectivity index (χ3n) is 6.01. The maximum Gasteiger partial charge on any atom is 0.306 e. The zero-order valence-electron chi connectivity index (χ0n) is 17.3. The van der Waals surface area contributed by atoms with Crippen molar-refractivity contribution in [1.29, 1.82) is 0 Å². The molecule has 0 bridgehead atoms. The standard InChI is InChI=1S/C24H26ClN3O3/c25-19-8-6-17(7-9-19)16-22-20-4-1-2-5-21(20)23(29)28(26-22)13-3-12-27-14-10-18(11-15-27)24(30)31/h1-2,4-9,18H,3,10-16H2,(H,30,31). The van der Waals surface area contributed by atoms with Gasteiger partial charge < -0.3 is 10.0 Å². The van der Waals surface area contributed by atoms with Gasteiger partial charge >= 0.3 is 5.97 Å². The van der Waals surface area contributed by atoms with Gasteiger partial charge in [0.25, 0.3) is 5.56 Å². The zero-order chi connectivity index (χ0) is 21.8. The molecular weight excluding hydrogens is 414 g/mol. The normalized spacial score (nSPS) is 15.4. The van der Waals surface area contributed by atoms with Crippen molar-refractivity contribution in [1.82, 2.24) is 14.7 Å². The van der Waals surface area contributed by atoms with Crippen LogP contribution in [-0.2, 0) is 17.8 Å².